The quantitative estimate of drug-likeness (QED) is 0.635. The number of carbonyl (C=O) groups is 2. The van der Waals surface area contributed by atoms with E-state index < -0.39 is 11.6 Å². The largest absolute Gasteiger partial charge is 0.315 e. The number of likely N-dealkylation sites (N-methyl/N-ethyl adjacent to an activating group) is 1. The van der Waals surface area contributed by atoms with Gasteiger partial charge < -0.3 is 4.90 Å². The van der Waals surface area contributed by atoms with Gasteiger partial charge in [0.05, 0.1) is 12.2 Å². The van der Waals surface area contributed by atoms with Crippen molar-refractivity contribution in [3.05, 3.63) is 59.2 Å². The molecule has 0 aromatic heterocycles. The minimum Gasteiger partial charge on any atom is -0.315 e. The van der Waals surface area contributed by atoms with E-state index in [4.69, 9.17) is 0 Å². The second-order valence-corrected chi connectivity index (χ2v) is 6.28. The molecule has 23 heavy (non-hydrogen) atoms. The molecule has 0 radical (unpaired) electrons. The van der Waals surface area contributed by atoms with Crippen molar-refractivity contribution in [2.45, 2.75) is 11.3 Å². The first-order chi connectivity index (χ1) is 11.0. The highest BCUT2D eigenvalue weighted by molar-refractivity contribution is 8.00. The number of benzene rings is 2. The van der Waals surface area contributed by atoms with Crippen molar-refractivity contribution in [1.82, 2.24) is 0 Å². The fraction of sp³-hybridized carbons (Fsp3) is 0.176. The molecule has 0 bridgehead atoms. The highest BCUT2D eigenvalue weighted by Crippen LogP contribution is 2.29. The Bertz CT molecular complexity index is 807. The molecule has 118 valence electrons. The highest BCUT2D eigenvalue weighted by Gasteiger charge is 2.24. The predicted molar refractivity (Wildman–Crippen MR) is 85.0 cm³/mol. The summed E-state index contributed by atoms with van der Waals surface area (Å²) in [5.41, 5.74) is 2.08. The lowest BCUT2D eigenvalue weighted by Gasteiger charge is -2.10. The van der Waals surface area contributed by atoms with E-state index in [9.17, 15) is 18.4 Å². The molecule has 6 heteroatoms. The topological polar surface area (TPSA) is 37.4 Å². The van der Waals surface area contributed by atoms with Crippen LogP contribution in [0.15, 0.2) is 41.3 Å². The molecule has 0 fully saturated rings. The van der Waals surface area contributed by atoms with Gasteiger partial charge in [-0.2, -0.15) is 0 Å². The van der Waals surface area contributed by atoms with Crippen LogP contribution >= 0.6 is 11.8 Å². The molecule has 1 heterocycles. The lowest BCUT2D eigenvalue weighted by molar-refractivity contribution is -0.117. The van der Waals surface area contributed by atoms with Gasteiger partial charge in [-0.25, -0.2) is 8.78 Å². The van der Waals surface area contributed by atoms with E-state index in [-0.39, 0.29) is 28.8 Å². The molecular weight excluding hydrogens is 320 g/mol. The third-order valence-electron chi connectivity index (χ3n) is 3.73. The molecule has 1 aliphatic heterocycles. The van der Waals surface area contributed by atoms with Gasteiger partial charge in [0, 0.05) is 23.2 Å². The lowest BCUT2D eigenvalue weighted by atomic mass is 10.1. The van der Waals surface area contributed by atoms with E-state index in [0.717, 1.165) is 41.2 Å². The Hall–Kier alpha value is -2.21. The monoisotopic (exact) mass is 333 g/mol. The van der Waals surface area contributed by atoms with E-state index in [2.05, 4.69) is 0 Å². The minimum atomic E-state index is -0.551. The molecular formula is C17H13F2NO2S. The summed E-state index contributed by atoms with van der Waals surface area (Å²) in [4.78, 5) is 25.6. The third kappa shape index (κ3) is 3.12. The summed E-state index contributed by atoms with van der Waals surface area (Å²) in [7, 11) is 1.69. The molecule has 0 spiro atoms. The first-order valence-electron chi connectivity index (χ1n) is 6.96. The van der Waals surface area contributed by atoms with E-state index in [1.807, 2.05) is 0 Å². The zero-order chi connectivity index (χ0) is 16.6. The number of hydrogen-bond acceptors (Lipinski definition) is 3. The number of halogens is 2. The summed E-state index contributed by atoms with van der Waals surface area (Å²) in [6.45, 7) is 0. The molecule has 1 amide bonds. The molecule has 0 unspecified atom stereocenters. The van der Waals surface area contributed by atoms with Crippen molar-refractivity contribution in [2.24, 2.45) is 0 Å². The summed E-state index contributed by atoms with van der Waals surface area (Å²) in [5.74, 6) is -1.29. The van der Waals surface area contributed by atoms with E-state index in [1.165, 1.54) is 0 Å². The maximum Gasteiger partial charge on any atom is 0.231 e. The number of Topliss-reactive ketones (excluding diaryl/α,β-unsaturated/α-hetero) is 1. The number of rotatable bonds is 4. The number of ketones is 1. The zero-order valence-electron chi connectivity index (χ0n) is 12.3. The molecule has 1 aliphatic rings. The van der Waals surface area contributed by atoms with Crippen LogP contribution in [0.2, 0.25) is 0 Å². The average molecular weight is 333 g/mol. The highest BCUT2D eigenvalue weighted by atomic mass is 32.2. The summed E-state index contributed by atoms with van der Waals surface area (Å²) in [6.07, 6.45) is 0.276. The minimum absolute atomic E-state index is 0.00292. The lowest BCUT2D eigenvalue weighted by Crippen LogP contribution is -2.20. The fourth-order valence-corrected chi connectivity index (χ4v) is 3.31. The van der Waals surface area contributed by atoms with Gasteiger partial charge in [0.25, 0.3) is 0 Å². The van der Waals surface area contributed by atoms with Crippen LogP contribution in [0.5, 0.6) is 0 Å². The molecule has 0 saturated heterocycles. The van der Waals surface area contributed by atoms with Gasteiger partial charge in [-0.3, -0.25) is 9.59 Å². The van der Waals surface area contributed by atoms with Crippen molar-refractivity contribution >= 4 is 29.1 Å². The molecule has 0 saturated carbocycles. The molecule has 3 rings (SSSR count). The van der Waals surface area contributed by atoms with Gasteiger partial charge in [-0.1, -0.05) is 0 Å². The van der Waals surface area contributed by atoms with Gasteiger partial charge in [0.2, 0.25) is 5.91 Å². The summed E-state index contributed by atoms with van der Waals surface area (Å²) in [6, 6.07) is 8.24. The second-order valence-electron chi connectivity index (χ2n) is 5.26. The molecule has 0 atom stereocenters. The van der Waals surface area contributed by atoms with Crippen molar-refractivity contribution in [3.63, 3.8) is 0 Å². The predicted octanol–water partition coefficient (Wildman–Crippen LogP) is 3.46. The van der Waals surface area contributed by atoms with E-state index >= 15 is 0 Å². The van der Waals surface area contributed by atoms with Crippen LogP contribution in [0.4, 0.5) is 14.5 Å². The Kier molecular flexibility index (Phi) is 4.17. The van der Waals surface area contributed by atoms with Crippen LogP contribution in [-0.4, -0.2) is 24.5 Å². The normalized spacial score (nSPS) is 13.3. The molecule has 2 aromatic rings. The number of hydrogen-bond donors (Lipinski definition) is 0. The Labute approximate surface area is 136 Å². The smallest absolute Gasteiger partial charge is 0.231 e. The van der Waals surface area contributed by atoms with Crippen LogP contribution in [0, 0.1) is 11.6 Å². The Morgan fingerprint density at radius 2 is 2.00 bits per heavy atom. The van der Waals surface area contributed by atoms with Crippen molar-refractivity contribution in [2.75, 3.05) is 17.7 Å². The van der Waals surface area contributed by atoms with Crippen LogP contribution in [-0.2, 0) is 11.2 Å². The van der Waals surface area contributed by atoms with Crippen molar-refractivity contribution in [3.8, 4) is 0 Å². The Morgan fingerprint density at radius 1 is 1.22 bits per heavy atom. The number of thioether (sulfide) groups is 1. The van der Waals surface area contributed by atoms with Gasteiger partial charge in [0.1, 0.15) is 11.6 Å². The standard InChI is InChI=1S/C17H13F2NO2S/c1-20-14-5-2-10(6-11(14)7-17(20)22)15(21)9-23-16-8-12(18)3-4-13(16)19/h2-6,8H,7,9H2,1H3. The van der Waals surface area contributed by atoms with Crippen molar-refractivity contribution in [1.29, 1.82) is 0 Å². The van der Waals surface area contributed by atoms with Gasteiger partial charge in [-0.05, 0) is 42.0 Å². The number of anilines is 1. The molecule has 0 N–H and O–H groups in total. The first-order valence-corrected chi connectivity index (χ1v) is 7.95. The van der Waals surface area contributed by atoms with Gasteiger partial charge in [-0.15, -0.1) is 11.8 Å². The Balaban J connectivity index is 1.73. The van der Waals surface area contributed by atoms with Crippen LogP contribution < -0.4 is 4.90 Å². The number of nitrogens with zero attached hydrogens (tertiary/aromatic N) is 1. The van der Waals surface area contributed by atoms with E-state index in [1.54, 1.807) is 30.1 Å². The van der Waals surface area contributed by atoms with Gasteiger partial charge in [0.15, 0.2) is 5.78 Å². The van der Waals surface area contributed by atoms with Crippen LogP contribution in [0.3, 0.4) is 0 Å². The third-order valence-corrected chi connectivity index (χ3v) is 4.76. The van der Waals surface area contributed by atoms with E-state index in [0.29, 0.717) is 5.56 Å². The number of fused-ring (bicyclic) bond motifs is 1. The second kappa shape index (κ2) is 6.12. The SMILES string of the molecule is CN1C(=O)Cc2cc(C(=O)CSc3cc(F)ccc3F)ccc21. The molecule has 0 aliphatic carbocycles. The summed E-state index contributed by atoms with van der Waals surface area (Å²) >= 11 is 0.957. The zero-order valence-corrected chi connectivity index (χ0v) is 13.1. The van der Waals surface area contributed by atoms with Crippen LogP contribution in [0.1, 0.15) is 15.9 Å². The maximum atomic E-state index is 13.5. The first kappa shape index (κ1) is 15.7. The average Bonchev–Trinajstić information content (AvgIpc) is 2.82. The number of carbonyl (C=O) groups excluding carboxylic acids is 2. The molecule has 2 aromatic carbocycles. The van der Waals surface area contributed by atoms with Crippen LogP contribution in [0.25, 0.3) is 0 Å². The summed E-state index contributed by atoms with van der Waals surface area (Å²) in [5, 5.41) is 0. The molecule has 3 nitrogen and oxygen atoms in total. The Morgan fingerprint density at radius 3 is 2.78 bits per heavy atom. The summed E-state index contributed by atoms with van der Waals surface area (Å²) < 4.78 is 26.7. The maximum absolute atomic E-state index is 13.5. The van der Waals surface area contributed by atoms with Crippen molar-refractivity contribution < 1.29 is 18.4 Å². The number of amides is 1. The fourth-order valence-electron chi connectivity index (χ4n) is 2.46. The van der Waals surface area contributed by atoms with Gasteiger partial charge >= 0.3 is 0 Å².